The summed E-state index contributed by atoms with van der Waals surface area (Å²) in [7, 11) is -2.17. The predicted molar refractivity (Wildman–Crippen MR) is 101 cm³/mol. The van der Waals surface area contributed by atoms with Crippen LogP contribution in [0.4, 0.5) is 15.8 Å². The molecule has 0 saturated carbocycles. The summed E-state index contributed by atoms with van der Waals surface area (Å²) < 4.78 is 39.4. The molecule has 1 unspecified atom stereocenters. The summed E-state index contributed by atoms with van der Waals surface area (Å²) in [6.45, 7) is 0.882. The van der Waals surface area contributed by atoms with Crippen LogP contribution in [0.15, 0.2) is 18.2 Å². The lowest BCUT2D eigenvalue weighted by atomic mass is 10.0. The lowest BCUT2D eigenvalue weighted by molar-refractivity contribution is -0.123. The van der Waals surface area contributed by atoms with Gasteiger partial charge in [0.05, 0.1) is 11.9 Å². The van der Waals surface area contributed by atoms with Gasteiger partial charge in [0.2, 0.25) is 21.8 Å². The fraction of sp³-hybridized carbons (Fsp3) is 0.556. The lowest BCUT2D eigenvalue weighted by Crippen LogP contribution is -2.53. The number of hydrogen-bond acceptors (Lipinski definition) is 4. The second-order valence-corrected chi connectivity index (χ2v) is 9.11. The van der Waals surface area contributed by atoms with Crippen LogP contribution in [0.3, 0.4) is 0 Å². The first-order valence-electron chi connectivity index (χ1n) is 9.04. The number of benzene rings is 1. The van der Waals surface area contributed by atoms with Crippen molar-refractivity contribution in [2.24, 2.45) is 0 Å². The molecule has 1 aromatic carbocycles. The first kappa shape index (κ1) is 19.8. The Morgan fingerprint density at radius 1 is 1.11 bits per heavy atom. The van der Waals surface area contributed by atoms with Crippen molar-refractivity contribution in [3.63, 3.8) is 0 Å². The summed E-state index contributed by atoms with van der Waals surface area (Å²) in [5, 5.41) is 0. The van der Waals surface area contributed by atoms with Gasteiger partial charge in [0, 0.05) is 32.2 Å². The molecule has 2 heterocycles. The Morgan fingerprint density at radius 3 is 2.44 bits per heavy atom. The van der Waals surface area contributed by atoms with Gasteiger partial charge in [-0.2, -0.15) is 4.31 Å². The van der Waals surface area contributed by atoms with E-state index in [9.17, 15) is 22.4 Å². The second-order valence-electron chi connectivity index (χ2n) is 7.07. The molecule has 0 radical (unpaired) electrons. The van der Waals surface area contributed by atoms with Crippen molar-refractivity contribution in [3.05, 3.63) is 24.0 Å². The molecule has 0 N–H and O–H groups in total. The van der Waals surface area contributed by atoms with Gasteiger partial charge in [-0.3, -0.25) is 9.59 Å². The smallest absolute Gasteiger partial charge is 0.245 e. The third kappa shape index (κ3) is 3.98. The number of carbonyl (C=O) groups is 2. The highest BCUT2D eigenvalue weighted by Gasteiger charge is 2.37. The molecule has 0 aromatic heterocycles. The molecule has 2 fully saturated rings. The molecular weight excluding hydrogens is 373 g/mol. The Kier molecular flexibility index (Phi) is 5.53. The Labute approximate surface area is 158 Å². The predicted octanol–water partition coefficient (Wildman–Crippen LogP) is 1.73. The summed E-state index contributed by atoms with van der Waals surface area (Å²) >= 11 is 0. The standard InChI is InChI=1S/C18H24FN3O4S/c1-20(27(2,25)26)16-6-5-11-22(18(16)24)15-9-8-13(12-14(15)19)21-10-4-3-7-17(21)23/h8-9,12,16H,3-7,10-11H2,1-2H3. The van der Waals surface area contributed by atoms with Crippen LogP contribution in [0.1, 0.15) is 32.1 Å². The molecule has 1 aromatic rings. The summed E-state index contributed by atoms with van der Waals surface area (Å²) in [6.07, 6.45) is 4.19. The van der Waals surface area contributed by atoms with E-state index in [1.54, 1.807) is 11.0 Å². The van der Waals surface area contributed by atoms with Gasteiger partial charge in [-0.05, 0) is 43.9 Å². The number of carbonyl (C=O) groups excluding carboxylic acids is 2. The fourth-order valence-electron chi connectivity index (χ4n) is 3.63. The topological polar surface area (TPSA) is 78.0 Å². The number of piperidine rings is 2. The first-order chi connectivity index (χ1) is 12.7. The Balaban J connectivity index is 1.85. The quantitative estimate of drug-likeness (QED) is 0.775. The van der Waals surface area contributed by atoms with E-state index in [-0.39, 0.29) is 11.6 Å². The number of anilines is 2. The van der Waals surface area contributed by atoms with Crippen LogP contribution in [0, 0.1) is 5.82 Å². The maximum absolute atomic E-state index is 14.8. The van der Waals surface area contributed by atoms with E-state index < -0.39 is 27.8 Å². The molecule has 2 saturated heterocycles. The van der Waals surface area contributed by atoms with Crippen molar-refractivity contribution in [2.75, 3.05) is 36.2 Å². The average molecular weight is 397 g/mol. The van der Waals surface area contributed by atoms with Gasteiger partial charge in [0.25, 0.3) is 0 Å². The average Bonchev–Trinajstić information content (AvgIpc) is 2.61. The molecule has 27 heavy (non-hydrogen) atoms. The zero-order chi connectivity index (χ0) is 19.8. The third-order valence-corrected chi connectivity index (χ3v) is 6.53. The van der Waals surface area contributed by atoms with Gasteiger partial charge >= 0.3 is 0 Å². The van der Waals surface area contributed by atoms with E-state index in [2.05, 4.69) is 0 Å². The van der Waals surface area contributed by atoms with Crippen molar-refractivity contribution in [1.82, 2.24) is 4.31 Å². The number of nitrogens with zero attached hydrogens (tertiary/aromatic N) is 3. The van der Waals surface area contributed by atoms with Crippen molar-refractivity contribution in [3.8, 4) is 0 Å². The molecular formula is C18H24FN3O4S. The summed E-state index contributed by atoms with van der Waals surface area (Å²) in [6, 6.07) is 3.57. The largest absolute Gasteiger partial charge is 0.312 e. The number of sulfonamides is 1. The highest BCUT2D eigenvalue weighted by molar-refractivity contribution is 7.88. The van der Waals surface area contributed by atoms with E-state index in [0.717, 1.165) is 23.4 Å². The molecule has 0 bridgehead atoms. The molecule has 148 valence electrons. The molecule has 0 spiro atoms. The third-order valence-electron chi connectivity index (χ3n) is 5.23. The van der Waals surface area contributed by atoms with Crippen molar-refractivity contribution < 1.29 is 22.4 Å². The van der Waals surface area contributed by atoms with E-state index in [0.29, 0.717) is 38.0 Å². The van der Waals surface area contributed by atoms with Crippen LogP contribution in [0.5, 0.6) is 0 Å². The van der Waals surface area contributed by atoms with Crippen LogP contribution in [-0.4, -0.2) is 57.0 Å². The summed E-state index contributed by atoms with van der Waals surface area (Å²) in [5.74, 6) is -1.06. The van der Waals surface area contributed by atoms with Gasteiger partial charge in [-0.25, -0.2) is 12.8 Å². The Hall–Kier alpha value is -2.00. The van der Waals surface area contributed by atoms with E-state index in [4.69, 9.17) is 0 Å². The van der Waals surface area contributed by atoms with E-state index in [1.165, 1.54) is 24.1 Å². The van der Waals surface area contributed by atoms with Crippen molar-refractivity contribution in [2.45, 2.75) is 38.1 Å². The number of amides is 2. The maximum atomic E-state index is 14.8. The molecule has 0 aliphatic carbocycles. The molecule has 7 nitrogen and oxygen atoms in total. The zero-order valence-electron chi connectivity index (χ0n) is 15.5. The highest BCUT2D eigenvalue weighted by Crippen LogP contribution is 2.30. The minimum Gasteiger partial charge on any atom is -0.312 e. The number of likely N-dealkylation sites (N-methyl/N-ethyl adjacent to an activating group) is 1. The van der Waals surface area contributed by atoms with Crippen LogP contribution in [0.25, 0.3) is 0 Å². The summed E-state index contributed by atoms with van der Waals surface area (Å²) in [4.78, 5) is 27.7. The maximum Gasteiger partial charge on any atom is 0.245 e. The molecule has 2 aliphatic rings. The molecule has 9 heteroatoms. The molecule has 2 amide bonds. The van der Waals surface area contributed by atoms with Crippen molar-refractivity contribution in [1.29, 1.82) is 0 Å². The Morgan fingerprint density at radius 2 is 1.81 bits per heavy atom. The number of rotatable bonds is 4. The van der Waals surface area contributed by atoms with E-state index in [1.807, 2.05) is 0 Å². The lowest BCUT2D eigenvalue weighted by Gasteiger charge is -2.36. The van der Waals surface area contributed by atoms with Crippen LogP contribution in [-0.2, 0) is 19.6 Å². The van der Waals surface area contributed by atoms with E-state index >= 15 is 0 Å². The molecule has 2 aliphatic heterocycles. The van der Waals surface area contributed by atoms with Crippen LogP contribution in [0.2, 0.25) is 0 Å². The normalized spacial score (nSPS) is 21.9. The minimum atomic E-state index is -3.53. The molecule has 3 rings (SSSR count). The Bertz CT molecular complexity index is 858. The summed E-state index contributed by atoms with van der Waals surface area (Å²) in [5.41, 5.74) is 0.593. The molecule has 1 atom stereocenters. The monoisotopic (exact) mass is 397 g/mol. The van der Waals surface area contributed by atoms with Gasteiger partial charge < -0.3 is 9.80 Å². The second kappa shape index (κ2) is 7.55. The van der Waals surface area contributed by atoms with Crippen LogP contribution < -0.4 is 9.80 Å². The zero-order valence-corrected chi connectivity index (χ0v) is 16.3. The minimum absolute atomic E-state index is 0.0303. The first-order valence-corrected chi connectivity index (χ1v) is 10.9. The fourth-order valence-corrected chi connectivity index (χ4v) is 4.28. The van der Waals surface area contributed by atoms with Gasteiger partial charge in [-0.15, -0.1) is 0 Å². The van der Waals surface area contributed by atoms with Crippen molar-refractivity contribution >= 4 is 33.2 Å². The number of halogens is 1. The number of hydrogen-bond donors (Lipinski definition) is 0. The van der Waals surface area contributed by atoms with Crippen LogP contribution >= 0.6 is 0 Å². The van der Waals surface area contributed by atoms with Gasteiger partial charge in [0.15, 0.2) is 0 Å². The SMILES string of the molecule is CN(C1CCCN(c2ccc(N3CCCCC3=O)cc2F)C1=O)S(C)(=O)=O. The highest BCUT2D eigenvalue weighted by atomic mass is 32.2. The van der Waals surface area contributed by atoms with Gasteiger partial charge in [-0.1, -0.05) is 0 Å². The van der Waals surface area contributed by atoms with Gasteiger partial charge in [0.1, 0.15) is 11.9 Å².